The minimum absolute atomic E-state index is 0.0321. The Bertz CT molecular complexity index is 1160. The molecule has 10 nitrogen and oxygen atoms in total. The number of anilines is 2. The summed E-state index contributed by atoms with van der Waals surface area (Å²) in [5.74, 6) is -0.0215. The van der Waals surface area contributed by atoms with Crippen molar-refractivity contribution in [3.05, 3.63) is 53.6 Å². The summed E-state index contributed by atoms with van der Waals surface area (Å²) in [6.45, 7) is 5.96. The number of rotatable bonds is 12. The molecule has 2 aromatic carbocycles. The van der Waals surface area contributed by atoms with Gasteiger partial charge in [0.15, 0.2) is 0 Å². The van der Waals surface area contributed by atoms with Gasteiger partial charge in [-0.3, -0.25) is 9.52 Å². The Morgan fingerprint density at radius 2 is 1.76 bits per heavy atom. The SMILES string of the molecule is CC(C)C[C@@H](CO)NC(=O)c1ccc(N2CCC(NC[C@H](O)c3ccc(O)c(NS(C)(=O)=O)c3)CC2)cc1. The first kappa shape index (κ1) is 29.7. The molecule has 11 heteroatoms. The van der Waals surface area contributed by atoms with Crippen LogP contribution in [-0.2, 0) is 10.0 Å². The first-order valence-electron chi connectivity index (χ1n) is 12.9. The van der Waals surface area contributed by atoms with Gasteiger partial charge in [0, 0.05) is 36.9 Å². The third-order valence-electron chi connectivity index (χ3n) is 6.60. The maximum Gasteiger partial charge on any atom is 0.251 e. The summed E-state index contributed by atoms with van der Waals surface area (Å²) in [5, 5.41) is 36.3. The Morgan fingerprint density at radius 3 is 2.34 bits per heavy atom. The van der Waals surface area contributed by atoms with Crippen molar-refractivity contribution in [2.24, 2.45) is 5.92 Å². The largest absolute Gasteiger partial charge is 0.506 e. The second-order valence-corrected chi connectivity index (χ2v) is 12.1. The monoisotopic (exact) mass is 548 g/mol. The number of carbonyl (C=O) groups excluding carboxylic acids is 1. The van der Waals surface area contributed by atoms with Crippen LogP contribution in [0.15, 0.2) is 42.5 Å². The van der Waals surface area contributed by atoms with Crippen molar-refractivity contribution in [3.8, 4) is 5.75 Å². The number of benzene rings is 2. The molecule has 1 fully saturated rings. The number of hydrogen-bond acceptors (Lipinski definition) is 8. The molecule has 2 aromatic rings. The molecule has 1 amide bonds. The third kappa shape index (κ3) is 8.87. The summed E-state index contributed by atoms with van der Waals surface area (Å²) >= 11 is 0. The molecule has 0 radical (unpaired) electrons. The van der Waals surface area contributed by atoms with Crippen molar-refractivity contribution in [3.63, 3.8) is 0 Å². The summed E-state index contributed by atoms with van der Waals surface area (Å²) in [6, 6.07) is 11.8. The van der Waals surface area contributed by atoms with Gasteiger partial charge < -0.3 is 30.9 Å². The number of amides is 1. The maximum atomic E-state index is 12.5. The number of piperidine rings is 1. The Hall–Kier alpha value is -2.86. The molecule has 0 unspecified atom stereocenters. The molecule has 0 spiro atoms. The van der Waals surface area contributed by atoms with Crippen molar-refractivity contribution >= 4 is 27.3 Å². The topological polar surface area (TPSA) is 151 Å². The van der Waals surface area contributed by atoms with Crippen LogP contribution in [0.2, 0.25) is 0 Å². The van der Waals surface area contributed by atoms with E-state index in [1.807, 2.05) is 12.1 Å². The quantitative estimate of drug-likeness (QED) is 0.221. The number of phenolic OH excluding ortho intramolecular Hbond substituents is 1. The van der Waals surface area contributed by atoms with Crippen molar-refractivity contribution in [2.45, 2.75) is 51.3 Å². The highest BCUT2D eigenvalue weighted by molar-refractivity contribution is 7.92. The number of phenols is 1. The molecule has 1 aliphatic heterocycles. The maximum absolute atomic E-state index is 12.5. The lowest BCUT2D eigenvalue weighted by atomic mass is 10.0. The normalized spacial score (nSPS) is 16.3. The minimum Gasteiger partial charge on any atom is -0.506 e. The van der Waals surface area contributed by atoms with Gasteiger partial charge in [-0.2, -0.15) is 0 Å². The van der Waals surface area contributed by atoms with Gasteiger partial charge in [-0.05, 0) is 67.1 Å². The molecular weight excluding hydrogens is 508 g/mol. The lowest BCUT2D eigenvalue weighted by molar-refractivity contribution is 0.0908. The van der Waals surface area contributed by atoms with Gasteiger partial charge in [0.1, 0.15) is 5.75 Å². The van der Waals surface area contributed by atoms with Gasteiger partial charge in [-0.1, -0.05) is 19.9 Å². The van der Waals surface area contributed by atoms with Crippen molar-refractivity contribution in [1.82, 2.24) is 10.6 Å². The van der Waals surface area contributed by atoms with Crippen LogP contribution >= 0.6 is 0 Å². The Balaban J connectivity index is 1.48. The van der Waals surface area contributed by atoms with E-state index in [9.17, 15) is 28.5 Å². The summed E-state index contributed by atoms with van der Waals surface area (Å²) in [7, 11) is -3.56. The first-order valence-corrected chi connectivity index (χ1v) is 14.8. The van der Waals surface area contributed by atoms with E-state index in [4.69, 9.17) is 0 Å². The second kappa shape index (κ2) is 13.3. The van der Waals surface area contributed by atoms with Crippen LogP contribution in [0.4, 0.5) is 11.4 Å². The molecule has 6 N–H and O–H groups in total. The van der Waals surface area contributed by atoms with E-state index in [0.717, 1.165) is 44.3 Å². The lowest BCUT2D eigenvalue weighted by Gasteiger charge is -2.34. The number of aliphatic hydroxyl groups is 2. The van der Waals surface area contributed by atoms with Gasteiger partial charge in [0.2, 0.25) is 10.0 Å². The fraction of sp³-hybridized carbons (Fsp3) is 0.519. The van der Waals surface area contributed by atoms with Crippen LogP contribution in [0.1, 0.15) is 55.1 Å². The number of aliphatic hydroxyl groups excluding tert-OH is 2. The molecule has 1 heterocycles. The molecule has 38 heavy (non-hydrogen) atoms. The number of aromatic hydroxyl groups is 1. The number of hydrogen-bond donors (Lipinski definition) is 6. The van der Waals surface area contributed by atoms with Crippen molar-refractivity contribution in [1.29, 1.82) is 0 Å². The van der Waals surface area contributed by atoms with Gasteiger partial charge in [-0.15, -0.1) is 0 Å². The number of nitrogens with zero attached hydrogens (tertiary/aromatic N) is 1. The summed E-state index contributed by atoms with van der Waals surface area (Å²) < 4.78 is 25.2. The molecular formula is C27H40N4O6S. The molecule has 0 aliphatic carbocycles. The highest BCUT2D eigenvalue weighted by Gasteiger charge is 2.21. The Labute approximate surface area is 225 Å². The summed E-state index contributed by atoms with van der Waals surface area (Å²) in [4.78, 5) is 14.8. The zero-order chi connectivity index (χ0) is 27.9. The number of carbonyl (C=O) groups is 1. The smallest absolute Gasteiger partial charge is 0.251 e. The first-order chi connectivity index (χ1) is 17.9. The van der Waals surface area contributed by atoms with E-state index >= 15 is 0 Å². The highest BCUT2D eigenvalue weighted by atomic mass is 32.2. The van der Waals surface area contributed by atoms with E-state index in [1.165, 1.54) is 12.1 Å². The molecule has 0 bridgehead atoms. The molecule has 2 atom stereocenters. The molecule has 1 saturated heterocycles. The van der Waals surface area contributed by atoms with Crippen molar-refractivity contribution in [2.75, 3.05) is 42.1 Å². The van der Waals surface area contributed by atoms with Gasteiger partial charge >= 0.3 is 0 Å². The van der Waals surface area contributed by atoms with Crippen molar-refractivity contribution < 1.29 is 28.5 Å². The average Bonchev–Trinajstić information content (AvgIpc) is 2.87. The highest BCUT2D eigenvalue weighted by Crippen LogP contribution is 2.28. The van der Waals surface area contributed by atoms with Crippen LogP contribution < -0.4 is 20.3 Å². The fourth-order valence-electron chi connectivity index (χ4n) is 4.62. The number of nitrogens with one attached hydrogen (secondary N) is 3. The van der Waals surface area contributed by atoms with Crippen LogP contribution in [0.3, 0.4) is 0 Å². The van der Waals surface area contributed by atoms with E-state index in [2.05, 4.69) is 34.1 Å². The predicted octanol–water partition coefficient (Wildman–Crippen LogP) is 2.19. The Morgan fingerprint density at radius 1 is 1.11 bits per heavy atom. The summed E-state index contributed by atoms with van der Waals surface area (Å²) in [5.41, 5.74) is 2.13. The third-order valence-corrected chi connectivity index (χ3v) is 7.19. The molecule has 0 saturated carbocycles. The van der Waals surface area contributed by atoms with Gasteiger partial charge in [-0.25, -0.2) is 8.42 Å². The van der Waals surface area contributed by atoms with Crippen LogP contribution in [0.25, 0.3) is 0 Å². The molecule has 1 aliphatic rings. The van der Waals surface area contributed by atoms with E-state index < -0.39 is 16.1 Å². The lowest BCUT2D eigenvalue weighted by Crippen LogP contribution is -2.43. The van der Waals surface area contributed by atoms with Crippen LogP contribution in [0, 0.1) is 5.92 Å². The molecule has 3 rings (SSSR count). The summed E-state index contributed by atoms with van der Waals surface area (Å²) in [6.07, 6.45) is 2.60. The standard InChI is InChI=1S/C27H40N4O6S/c1-18(2)14-22(17-32)29-27(35)19-4-7-23(8-5-19)31-12-10-21(11-13-31)28-16-26(34)20-6-9-25(33)24(15-20)30-38(3,36)37/h4-9,15,18,21-22,26,28,30,32-34H,10-14,16-17H2,1-3H3,(H,29,35)/t22-,26-/m0/s1. The predicted molar refractivity (Wildman–Crippen MR) is 149 cm³/mol. The van der Waals surface area contributed by atoms with Crippen LogP contribution in [0.5, 0.6) is 5.75 Å². The zero-order valence-electron chi connectivity index (χ0n) is 22.2. The molecule has 210 valence electrons. The van der Waals surface area contributed by atoms with Gasteiger partial charge in [0.05, 0.1) is 30.7 Å². The second-order valence-electron chi connectivity index (χ2n) is 10.4. The molecule has 0 aromatic heterocycles. The number of sulfonamides is 1. The van der Waals surface area contributed by atoms with E-state index in [1.54, 1.807) is 18.2 Å². The van der Waals surface area contributed by atoms with Gasteiger partial charge in [0.25, 0.3) is 5.91 Å². The Kier molecular flexibility index (Phi) is 10.4. The fourth-order valence-corrected chi connectivity index (χ4v) is 5.18. The van der Waals surface area contributed by atoms with Crippen LogP contribution in [-0.4, -0.2) is 74.2 Å². The van der Waals surface area contributed by atoms with E-state index in [0.29, 0.717) is 23.6 Å². The van der Waals surface area contributed by atoms with E-state index in [-0.39, 0.29) is 36.0 Å². The minimum atomic E-state index is -3.56. The zero-order valence-corrected chi connectivity index (χ0v) is 23.0. The average molecular weight is 549 g/mol.